The van der Waals surface area contributed by atoms with Gasteiger partial charge in [0.05, 0.1) is 0 Å². The number of rotatable bonds is 4. The summed E-state index contributed by atoms with van der Waals surface area (Å²) >= 11 is 2.15. The van der Waals surface area contributed by atoms with Crippen molar-refractivity contribution in [1.82, 2.24) is 0 Å². The fraction of sp³-hybridized carbons (Fsp3) is 0.867. The van der Waals surface area contributed by atoms with E-state index in [9.17, 15) is 0 Å². The molecular formula is C15H28S. The minimum atomic E-state index is 0.759. The number of thioether (sulfide) groups is 1. The van der Waals surface area contributed by atoms with Gasteiger partial charge in [-0.05, 0) is 62.7 Å². The first-order chi connectivity index (χ1) is 7.54. The Labute approximate surface area is 106 Å². The van der Waals surface area contributed by atoms with Crippen molar-refractivity contribution >= 4 is 11.8 Å². The van der Waals surface area contributed by atoms with E-state index in [1.54, 1.807) is 10.5 Å². The summed E-state index contributed by atoms with van der Waals surface area (Å²) in [5, 5.41) is 0.898. The molecule has 0 amide bonds. The molecule has 0 saturated heterocycles. The van der Waals surface area contributed by atoms with Crippen molar-refractivity contribution in [2.45, 2.75) is 72.0 Å². The van der Waals surface area contributed by atoms with E-state index in [1.807, 2.05) is 0 Å². The van der Waals surface area contributed by atoms with Gasteiger partial charge < -0.3 is 0 Å². The maximum absolute atomic E-state index is 2.40. The Morgan fingerprint density at radius 2 is 1.75 bits per heavy atom. The SMILES string of the molecule is CCC(C)/C(C)=C(\C)SC1CCC(C)CC1. The monoisotopic (exact) mass is 240 g/mol. The van der Waals surface area contributed by atoms with Crippen molar-refractivity contribution in [1.29, 1.82) is 0 Å². The van der Waals surface area contributed by atoms with Crippen LogP contribution >= 0.6 is 11.8 Å². The van der Waals surface area contributed by atoms with Crippen LogP contribution in [0, 0.1) is 11.8 Å². The maximum Gasteiger partial charge on any atom is 0.00912 e. The molecule has 16 heavy (non-hydrogen) atoms. The first kappa shape index (κ1) is 14.2. The third kappa shape index (κ3) is 4.16. The zero-order valence-corrected chi connectivity index (χ0v) is 12.5. The second-order valence-electron chi connectivity index (χ2n) is 5.55. The van der Waals surface area contributed by atoms with E-state index in [-0.39, 0.29) is 0 Å². The van der Waals surface area contributed by atoms with Gasteiger partial charge in [-0.15, -0.1) is 11.8 Å². The lowest BCUT2D eigenvalue weighted by Crippen LogP contribution is -2.14. The molecule has 1 aliphatic rings. The number of allylic oxidation sites excluding steroid dienone is 2. The lowest BCUT2D eigenvalue weighted by Gasteiger charge is -2.26. The van der Waals surface area contributed by atoms with Crippen molar-refractivity contribution in [3.63, 3.8) is 0 Å². The molecule has 1 fully saturated rings. The van der Waals surface area contributed by atoms with Gasteiger partial charge in [0, 0.05) is 5.25 Å². The van der Waals surface area contributed by atoms with E-state index in [1.165, 1.54) is 32.1 Å². The van der Waals surface area contributed by atoms with Crippen LogP contribution in [0.15, 0.2) is 10.5 Å². The lowest BCUT2D eigenvalue weighted by atomic mass is 9.91. The minimum Gasteiger partial charge on any atom is -0.128 e. The molecule has 0 aromatic carbocycles. The standard InChI is InChI=1S/C15H28S/c1-6-12(3)13(4)14(5)16-15-9-7-11(2)8-10-15/h11-12,15H,6-10H2,1-5H3/b14-13+. The maximum atomic E-state index is 2.40. The highest BCUT2D eigenvalue weighted by Crippen LogP contribution is 2.37. The summed E-state index contributed by atoms with van der Waals surface area (Å²) in [5.41, 5.74) is 1.62. The molecule has 0 N–H and O–H groups in total. The molecule has 0 aromatic rings. The van der Waals surface area contributed by atoms with Gasteiger partial charge in [0.2, 0.25) is 0 Å². The Balaban J connectivity index is 2.47. The van der Waals surface area contributed by atoms with Crippen LogP contribution in [0.4, 0.5) is 0 Å². The van der Waals surface area contributed by atoms with E-state index in [4.69, 9.17) is 0 Å². The zero-order valence-electron chi connectivity index (χ0n) is 11.7. The van der Waals surface area contributed by atoms with Crippen molar-refractivity contribution < 1.29 is 0 Å². The molecule has 0 bridgehead atoms. The summed E-state index contributed by atoms with van der Waals surface area (Å²) in [6.07, 6.45) is 7.00. The molecule has 0 spiro atoms. The average molecular weight is 240 g/mol. The summed E-state index contributed by atoms with van der Waals surface area (Å²) in [5.74, 6) is 1.73. The van der Waals surface area contributed by atoms with Crippen LogP contribution in [0.2, 0.25) is 0 Å². The number of hydrogen-bond donors (Lipinski definition) is 0. The van der Waals surface area contributed by atoms with Gasteiger partial charge in [-0.25, -0.2) is 0 Å². The fourth-order valence-corrected chi connectivity index (χ4v) is 3.74. The zero-order chi connectivity index (χ0) is 12.1. The molecule has 0 radical (unpaired) electrons. The Bertz CT molecular complexity index is 234. The van der Waals surface area contributed by atoms with E-state index >= 15 is 0 Å². The van der Waals surface area contributed by atoms with Gasteiger partial charge >= 0.3 is 0 Å². The highest BCUT2D eigenvalue weighted by molar-refractivity contribution is 8.03. The molecule has 0 aliphatic heterocycles. The highest BCUT2D eigenvalue weighted by atomic mass is 32.2. The Morgan fingerprint density at radius 3 is 2.25 bits per heavy atom. The molecule has 1 aliphatic carbocycles. The molecule has 1 rings (SSSR count). The second kappa shape index (κ2) is 6.74. The van der Waals surface area contributed by atoms with Crippen LogP contribution in [-0.4, -0.2) is 5.25 Å². The van der Waals surface area contributed by atoms with Crippen LogP contribution in [0.1, 0.15) is 66.7 Å². The molecule has 1 atom stereocenters. The first-order valence-electron chi connectivity index (χ1n) is 6.88. The summed E-state index contributed by atoms with van der Waals surface area (Å²) < 4.78 is 0. The molecule has 1 heteroatoms. The normalized spacial score (nSPS) is 29.8. The second-order valence-corrected chi connectivity index (χ2v) is 7.06. The minimum absolute atomic E-state index is 0.759. The van der Waals surface area contributed by atoms with Gasteiger partial charge in [0.15, 0.2) is 0 Å². The van der Waals surface area contributed by atoms with Gasteiger partial charge in [-0.1, -0.05) is 26.3 Å². The third-order valence-corrected chi connectivity index (χ3v) is 5.69. The summed E-state index contributed by atoms with van der Waals surface area (Å²) in [6, 6.07) is 0. The third-order valence-electron chi connectivity index (χ3n) is 4.21. The van der Waals surface area contributed by atoms with E-state index in [0.717, 1.165) is 17.1 Å². The molecule has 0 heterocycles. The van der Waals surface area contributed by atoms with Crippen molar-refractivity contribution in [3.05, 3.63) is 10.5 Å². The lowest BCUT2D eigenvalue weighted by molar-refractivity contribution is 0.393. The van der Waals surface area contributed by atoms with Gasteiger partial charge in [-0.3, -0.25) is 0 Å². The van der Waals surface area contributed by atoms with Crippen LogP contribution in [0.3, 0.4) is 0 Å². The predicted molar refractivity (Wildman–Crippen MR) is 76.8 cm³/mol. The van der Waals surface area contributed by atoms with E-state index in [0.29, 0.717) is 0 Å². The van der Waals surface area contributed by atoms with Crippen molar-refractivity contribution in [3.8, 4) is 0 Å². The van der Waals surface area contributed by atoms with Crippen molar-refractivity contribution in [2.75, 3.05) is 0 Å². The topological polar surface area (TPSA) is 0 Å². The van der Waals surface area contributed by atoms with E-state index < -0.39 is 0 Å². The van der Waals surface area contributed by atoms with Crippen LogP contribution in [0.5, 0.6) is 0 Å². The largest absolute Gasteiger partial charge is 0.128 e. The Kier molecular flexibility index (Phi) is 5.96. The van der Waals surface area contributed by atoms with Crippen LogP contribution in [0.25, 0.3) is 0 Å². The molecular weight excluding hydrogens is 212 g/mol. The Morgan fingerprint density at radius 1 is 1.19 bits per heavy atom. The first-order valence-corrected chi connectivity index (χ1v) is 7.76. The molecule has 1 saturated carbocycles. The van der Waals surface area contributed by atoms with Crippen LogP contribution < -0.4 is 0 Å². The highest BCUT2D eigenvalue weighted by Gasteiger charge is 2.19. The molecule has 1 unspecified atom stereocenters. The summed E-state index contributed by atoms with van der Waals surface area (Å²) in [7, 11) is 0. The number of hydrogen-bond acceptors (Lipinski definition) is 1. The van der Waals surface area contributed by atoms with Gasteiger partial charge in [0.1, 0.15) is 0 Å². The smallest absolute Gasteiger partial charge is 0.00912 e. The Hall–Kier alpha value is 0.0900. The van der Waals surface area contributed by atoms with E-state index in [2.05, 4.69) is 46.4 Å². The molecule has 94 valence electrons. The van der Waals surface area contributed by atoms with Crippen LogP contribution in [-0.2, 0) is 0 Å². The van der Waals surface area contributed by atoms with Gasteiger partial charge in [0.25, 0.3) is 0 Å². The quantitative estimate of drug-likeness (QED) is 0.613. The fourth-order valence-electron chi connectivity index (χ4n) is 2.34. The van der Waals surface area contributed by atoms with Gasteiger partial charge in [-0.2, -0.15) is 0 Å². The predicted octanol–water partition coefficient (Wildman–Crippen LogP) is 5.64. The molecule has 0 nitrogen and oxygen atoms in total. The summed E-state index contributed by atoms with van der Waals surface area (Å²) in [6.45, 7) is 11.7. The van der Waals surface area contributed by atoms with Crippen molar-refractivity contribution in [2.24, 2.45) is 11.8 Å². The summed E-state index contributed by atoms with van der Waals surface area (Å²) in [4.78, 5) is 1.59. The molecule has 0 aromatic heterocycles. The average Bonchev–Trinajstić information content (AvgIpc) is 2.30.